The van der Waals surface area contributed by atoms with Crippen LogP contribution < -0.4 is 10.5 Å². The van der Waals surface area contributed by atoms with Crippen LogP contribution in [0.3, 0.4) is 0 Å². The highest BCUT2D eigenvalue weighted by Crippen LogP contribution is 2.28. The highest BCUT2D eigenvalue weighted by atomic mass is 35.5. The van der Waals surface area contributed by atoms with Gasteiger partial charge in [-0.05, 0) is 12.1 Å². The summed E-state index contributed by atoms with van der Waals surface area (Å²) in [5, 5.41) is 8.93. The van der Waals surface area contributed by atoms with Gasteiger partial charge in [-0.15, -0.1) is 0 Å². The number of hydrogen-bond acceptors (Lipinski definition) is 5. The van der Waals surface area contributed by atoms with Crippen molar-refractivity contribution in [3.05, 3.63) is 35.1 Å². The van der Waals surface area contributed by atoms with E-state index in [-0.39, 0.29) is 16.4 Å². The van der Waals surface area contributed by atoms with Gasteiger partial charge in [-0.25, -0.2) is 14.8 Å². The minimum absolute atomic E-state index is 0.0716. The van der Waals surface area contributed by atoms with E-state index in [1.165, 1.54) is 19.4 Å². The standard InChI is InChI=1S/C12H10ClN3O3/c1-19-9-3-2-6(5-15-9)8-4-7(14)10(13)11(16-8)12(17)18/h2-5H,1H3,(H2,14,16)(H,17,18). The van der Waals surface area contributed by atoms with Gasteiger partial charge >= 0.3 is 5.97 Å². The Morgan fingerprint density at radius 1 is 1.47 bits per heavy atom. The number of ether oxygens (including phenoxy) is 1. The van der Waals surface area contributed by atoms with Crippen molar-refractivity contribution in [1.82, 2.24) is 9.97 Å². The number of aromatic carboxylic acids is 1. The molecule has 0 saturated carbocycles. The summed E-state index contributed by atoms with van der Waals surface area (Å²) >= 11 is 5.79. The number of anilines is 1. The van der Waals surface area contributed by atoms with Crippen LogP contribution in [-0.4, -0.2) is 28.2 Å². The molecule has 0 saturated heterocycles. The van der Waals surface area contributed by atoms with Crippen molar-refractivity contribution in [2.75, 3.05) is 12.8 Å². The Balaban J connectivity index is 2.52. The Hall–Kier alpha value is -2.34. The lowest BCUT2D eigenvalue weighted by Crippen LogP contribution is -2.05. The number of nitrogens with two attached hydrogens (primary N) is 1. The van der Waals surface area contributed by atoms with Gasteiger partial charge in [-0.1, -0.05) is 11.6 Å². The predicted molar refractivity (Wildman–Crippen MR) is 70.4 cm³/mol. The zero-order chi connectivity index (χ0) is 14.0. The predicted octanol–water partition coefficient (Wildman–Crippen LogP) is 2.09. The third-order valence-corrected chi connectivity index (χ3v) is 2.83. The second-order valence-electron chi connectivity index (χ2n) is 3.65. The molecule has 3 N–H and O–H groups in total. The van der Waals surface area contributed by atoms with Crippen LogP contribution in [0.4, 0.5) is 5.69 Å². The molecule has 0 radical (unpaired) electrons. The van der Waals surface area contributed by atoms with Gasteiger partial charge in [0.2, 0.25) is 5.88 Å². The number of carbonyl (C=O) groups is 1. The van der Waals surface area contributed by atoms with E-state index >= 15 is 0 Å². The molecule has 2 aromatic heterocycles. The number of pyridine rings is 2. The first-order chi connectivity index (χ1) is 9.02. The molecule has 2 rings (SSSR count). The molecule has 0 aliphatic heterocycles. The summed E-state index contributed by atoms with van der Waals surface area (Å²) in [6.07, 6.45) is 1.51. The van der Waals surface area contributed by atoms with Crippen LogP contribution in [0.25, 0.3) is 11.3 Å². The number of halogens is 1. The number of methoxy groups -OCH3 is 1. The Morgan fingerprint density at radius 2 is 2.21 bits per heavy atom. The van der Waals surface area contributed by atoms with E-state index in [1.807, 2.05) is 0 Å². The van der Waals surface area contributed by atoms with Crippen LogP contribution in [0.15, 0.2) is 24.4 Å². The molecule has 0 amide bonds. The largest absolute Gasteiger partial charge is 0.481 e. The summed E-state index contributed by atoms with van der Waals surface area (Å²) in [6, 6.07) is 4.84. The van der Waals surface area contributed by atoms with Crippen molar-refractivity contribution < 1.29 is 14.6 Å². The first-order valence-electron chi connectivity index (χ1n) is 5.22. The summed E-state index contributed by atoms with van der Waals surface area (Å²) < 4.78 is 4.94. The van der Waals surface area contributed by atoms with E-state index in [9.17, 15) is 4.79 Å². The zero-order valence-electron chi connectivity index (χ0n) is 9.92. The molecule has 6 nitrogen and oxygen atoms in total. The summed E-state index contributed by atoms with van der Waals surface area (Å²) in [4.78, 5) is 19.0. The van der Waals surface area contributed by atoms with E-state index in [2.05, 4.69) is 9.97 Å². The van der Waals surface area contributed by atoms with E-state index in [1.54, 1.807) is 12.1 Å². The molecule has 0 aromatic carbocycles. The van der Waals surface area contributed by atoms with Crippen LogP contribution in [0, 0.1) is 0 Å². The van der Waals surface area contributed by atoms with Gasteiger partial charge in [0.1, 0.15) is 0 Å². The number of hydrogen-bond donors (Lipinski definition) is 2. The number of aromatic nitrogens is 2. The molecule has 0 atom stereocenters. The summed E-state index contributed by atoms with van der Waals surface area (Å²) in [7, 11) is 1.50. The lowest BCUT2D eigenvalue weighted by molar-refractivity contribution is 0.0691. The van der Waals surface area contributed by atoms with Crippen LogP contribution in [0.5, 0.6) is 5.88 Å². The van der Waals surface area contributed by atoms with Crippen LogP contribution in [0.2, 0.25) is 5.02 Å². The van der Waals surface area contributed by atoms with Gasteiger partial charge in [-0.2, -0.15) is 0 Å². The van der Waals surface area contributed by atoms with Crippen molar-refractivity contribution in [1.29, 1.82) is 0 Å². The maximum Gasteiger partial charge on any atom is 0.356 e. The number of carboxylic acid groups (broad SMARTS) is 1. The molecule has 2 aromatic rings. The average molecular weight is 280 g/mol. The van der Waals surface area contributed by atoms with Gasteiger partial charge in [0.15, 0.2) is 5.69 Å². The molecule has 0 fully saturated rings. The normalized spacial score (nSPS) is 10.2. The average Bonchev–Trinajstić information content (AvgIpc) is 2.41. The molecular formula is C12H10ClN3O3. The first kappa shape index (κ1) is 13.1. The molecule has 0 spiro atoms. The molecule has 2 heterocycles. The number of carboxylic acids is 1. The minimum atomic E-state index is -1.24. The monoisotopic (exact) mass is 279 g/mol. The third kappa shape index (κ3) is 2.58. The fourth-order valence-electron chi connectivity index (χ4n) is 1.49. The fourth-order valence-corrected chi connectivity index (χ4v) is 1.67. The van der Waals surface area contributed by atoms with Crippen LogP contribution in [-0.2, 0) is 0 Å². The topological polar surface area (TPSA) is 98.3 Å². The SMILES string of the molecule is COc1ccc(-c2cc(N)c(Cl)c(C(=O)O)n2)cn1. The second kappa shape index (κ2) is 5.11. The van der Waals surface area contributed by atoms with Gasteiger partial charge in [0.25, 0.3) is 0 Å². The highest BCUT2D eigenvalue weighted by molar-refractivity contribution is 6.35. The maximum absolute atomic E-state index is 11.0. The fraction of sp³-hybridized carbons (Fsp3) is 0.0833. The van der Waals surface area contributed by atoms with Gasteiger partial charge in [0.05, 0.1) is 23.5 Å². The minimum Gasteiger partial charge on any atom is -0.481 e. The number of nitrogen functional groups attached to an aromatic ring is 1. The first-order valence-corrected chi connectivity index (χ1v) is 5.60. The van der Waals surface area contributed by atoms with Crippen molar-refractivity contribution in [2.45, 2.75) is 0 Å². The third-order valence-electron chi connectivity index (χ3n) is 2.43. The van der Waals surface area contributed by atoms with Crippen molar-refractivity contribution >= 4 is 23.3 Å². The Labute approximate surface area is 113 Å². The van der Waals surface area contributed by atoms with Crippen LogP contribution >= 0.6 is 11.6 Å². The van der Waals surface area contributed by atoms with Crippen molar-refractivity contribution in [2.24, 2.45) is 0 Å². The Bertz CT molecular complexity index is 629. The molecular weight excluding hydrogens is 270 g/mol. The Morgan fingerprint density at radius 3 is 2.74 bits per heavy atom. The van der Waals surface area contributed by atoms with E-state index in [4.69, 9.17) is 27.2 Å². The molecule has 0 aliphatic rings. The van der Waals surface area contributed by atoms with Gasteiger partial charge < -0.3 is 15.6 Å². The van der Waals surface area contributed by atoms with E-state index < -0.39 is 5.97 Å². The van der Waals surface area contributed by atoms with E-state index in [0.29, 0.717) is 17.1 Å². The van der Waals surface area contributed by atoms with Gasteiger partial charge in [-0.3, -0.25) is 0 Å². The van der Waals surface area contributed by atoms with E-state index in [0.717, 1.165) is 0 Å². The molecule has 0 bridgehead atoms. The number of nitrogens with zero attached hydrogens (tertiary/aromatic N) is 2. The van der Waals surface area contributed by atoms with Crippen molar-refractivity contribution in [3.8, 4) is 17.1 Å². The summed E-state index contributed by atoms with van der Waals surface area (Å²) in [5.41, 5.74) is 6.54. The zero-order valence-corrected chi connectivity index (χ0v) is 10.7. The highest BCUT2D eigenvalue weighted by Gasteiger charge is 2.16. The molecule has 7 heteroatoms. The lowest BCUT2D eigenvalue weighted by Gasteiger charge is -2.07. The number of rotatable bonds is 3. The quantitative estimate of drug-likeness (QED) is 0.892. The molecule has 19 heavy (non-hydrogen) atoms. The maximum atomic E-state index is 11.0. The molecule has 98 valence electrons. The lowest BCUT2D eigenvalue weighted by atomic mass is 10.1. The second-order valence-corrected chi connectivity index (χ2v) is 4.03. The summed E-state index contributed by atoms with van der Waals surface area (Å²) in [5.74, 6) is -0.788. The smallest absolute Gasteiger partial charge is 0.356 e. The molecule has 0 aliphatic carbocycles. The van der Waals surface area contributed by atoms with Crippen molar-refractivity contribution in [3.63, 3.8) is 0 Å². The van der Waals surface area contributed by atoms with Crippen LogP contribution in [0.1, 0.15) is 10.5 Å². The van der Waals surface area contributed by atoms with Gasteiger partial charge in [0, 0.05) is 17.8 Å². The summed E-state index contributed by atoms with van der Waals surface area (Å²) in [6.45, 7) is 0. The molecule has 0 unspecified atom stereocenters. The Kier molecular flexibility index (Phi) is 3.52.